The number of benzene rings is 2. The molecule has 29 heavy (non-hydrogen) atoms. The van der Waals surface area contributed by atoms with Crippen LogP contribution in [0.4, 0.5) is 4.39 Å². The third-order valence-electron chi connectivity index (χ3n) is 4.60. The molecule has 150 valence electrons. The van der Waals surface area contributed by atoms with Crippen LogP contribution in [-0.2, 0) is 6.61 Å². The molecule has 2 aromatic rings. The third kappa shape index (κ3) is 4.69. The molecule has 4 nitrogen and oxygen atoms in total. The zero-order valence-corrected chi connectivity index (χ0v) is 17.9. The normalized spacial score (nSPS) is 16.7. The predicted molar refractivity (Wildman–Crippen MR) is 116 cm³/mol. The van der Waals surface area contributed by atoms with Crippen LogP contribution < -0.4 is 15.4 Å². The summed E-state index contributed by atoms with van der Waals surface area (Å²) in [5, 5.41) is 16.8. The summed E-state index contributed by atoms with van der Waals surface area (Å²) in [4.78, 5) is 0. The summed E-state index contributed by atoms with van der Waals surface area (Å²) in [7, 11) is 0. The number of hydrogen-bond acceptors (Lipinski definition) is 3. The van der Waals surface area contributed by atoms with Crippen molar-refractivity contribution < 1.29 is 9.13 Å². The lowest BCUT2D eigenvalue weighted by molar-refractivity contribution is 0.300. The van der Waals surface area contributed by atoms with Gasteiger partial charge in [-0.25, -0.2) is 4.39 Å². The molecule has 0 saturated carbocycles. The topological polar surface area (TPSA) is 57.1 Å². The molecule has 0 fully saturated rings. The summed E-state index contributed by atoms with van der Waals surface area (Å²) in [6.07, 6.45) is 0. The fourth-order valence-corrected chi connectivity index (χ4v) is 3.55. The van der Waals surface area contributed by atoms with Gasteiger partial charge in [0.25, 0.3) is 0 Å². The number of thiocarbonyl (C=S) groups is 1. The maximum atomic E-state index is 13.9. The first kappa shape index (κ1) is 21.1. The van der Waals surface area contributed by atoms with Gasteiger partial charge in [-0.15, -0.1) is 0 Å². The van der Waals surface area contributed by atoms with Crippen LogP contribution in [0.3, 0.4) is 0 Å². The number of hydrogen-bond donors (Lipinski definition) is 2. The minimum atomic E-state index is -0.403. The van der Waals surface area contributed by atoms with E-state index in [2.05, 4.69) is 16.7 Å². The number of nitrogens with one attached hydrogen (secondary N) is 2. The summed E-state index contributed by atoms with van der Waals surface area (Å²) in [5.41, 5.74) is 2.34. The number of nitriles is 1. The van der Waals surface area contributed by atoms with Gasteiger partial charge in [0.1, 0.15) is 18.2 Å². The molecule has 3 rings (SSSR count). The van der Waals surface area contributed by atoms with E-state index in [1.54, 1.807) is 24.3 Å². The van der Waals surface area contributed by atoms with Crippen LogP contribution >= 0.6 is 23.8 Å². The molecule has 0 saturated heterocycles. The molecule has 2 aromatic carbocycles. The van der Waals surface area contributed by atoms with Crippen molar-refractivity contribution in [2.24, 2.45) is 5.41 Å². The second-order valence-corrected chi connectivity index (χ2v) is 8.56. The average molecular weight is 430 g/mol. The summed E-state index contributed by atoms with van der Waals surface area (Å²) < 4.78 is 19.6. The Morgan fingerprint density at radius 1 is 1.21 bits per heavy atom. The maximum absolute atomic E-state index is 13.9. The lowest BCUT2D eigenvalue weighted by Crippen LogP contribution is -2.46. The van der Waals surface area contributed by atoms with Crippen LogP contribution in [-0.4, -0.2) is 5.11 Å². The Kier molecular flexibility index (Phi) is 6.11. The second kappa shape index (κ2) is 8.40. The average Bonchev–Trinajstić information content (AvgIpc) is 2.67. The van der Waals surface area contributed by atoms with Crippen molar-refractivity contribution in [2.75, 3.05) is 0 Å². The summed E-state index contributed by atoms with van der Waals surface area (Å²) >= 11 is 11.4. The lowest BCUT2D eigenvalue weighted by atomic mass is 9.84. The van der Waals surface area contributed by atoms with Crippen molar-refractivity contribution in [1.82, 2.24) is 10.6 Å². The van der Waals surface area contributed by atoms with Gasteiger partial charge >= 0.3 is 0 Å². The Bertz CT molecular complexity index is 986. The van der Waals surface area contributed by atoms with Gasteiger partial charge in [-0.1, -0.05) is 50.6 Å². The Morgan fingerprint density at radius 2 is 1.90 bits per heavy atom. The van der Waals surface area contributed by atoms with E-state index in [0.717, 1.165) is 11.3 Å². The molecular weight excluding hydrogens is 409 g/mol. The van der Waals surface area contributed by atoms with E-state index in [9.17, 15) is 9.65 Å². The fourth-order valence-electron chi connectivity index (χ4n) is 3.11. The molecule has 2 N–H and O–H groups in total. The Hall–Kier alpha value is -2.62. The molecule has 0 bridgehead atoms. The zero-order chi connectivity index (χ0) is 21.2. The zero-order valence-electron chi connectivity index (χ0n) is 16.3. The SMILES string of the molecule is CC(C)(C)C1=C(C#N)[C@@H](c2ccc(OCc3c(F)cccc3Cl)cc2)NC(=S)N1. The van der Waals surface area contributed by atoms with Crippen LogP contribution in [0.2, 0.25) is 5.02 Å². The van der Waals surface area contributed by atoms with Crippen LogP contribution in [0.1, 0.15) is 37.9 Å². The van der Waals surface area contributed by atoms with E-state index in [0.29, 0.717) is 27.0 Å². The highest BCUT2D eigenvalue weighted by Crippen LogP contribution is 2.35. The smallest absolute Gasteiger partial charge is 0.171 e. The minimum Gasteiger partial charge on any atom is -0.489 e. The summed E-state index contributed by atoms with van der Waals surface area (Å²) in [6, 6.07) is 13.8. The maximum Gasteiger partial charge on any atom is 0.171 e. The molecule has 0 spiro atoms. The Morgan fingerprint density at radius 3 is 2.48 bits per heavy atom. The van der Waals surface area contributed by atoms with Crippen LogP contribution in [0.15, 0.2) is 53.7 Å². The third-order valence-corrected chi connectivity index (χ3v) is 5.17. The first-order chi connectivity index (χ1) is 13.7. The van der Waals surface area contributed by atoms with E-state index < -0.39 is 5.82 Å². The highest BCUT2D eigenvalue weighted by atomic mass is 35.5. The number of halogens is 2. The molecular formula is C22H21ClFN3OS. The first-order valence-electron chi connectivity index (χ1n) is 9.08. The molecule has 1 atom stereocenters. The van der Waals surface area contributed by atoms with Crippen molar-refractivity contribution in [1.29, 1.82) is 5.26 Å². The van der Waals surface area contributed by atoms with E-state index in [1.165, 1.54) is 6.07 Å². The van der Waals surface area contributed by atoms with E-state index >= 15 is 0 Å². The largest absolute Gasteiger partial charge is 0.489 e. The number of rotatable bonds is 4. The molecule has 0 radical (unpaired) electrons. The van der Waals surface area contributed by atoms with Gasteiger partial charge in [0.2, 0.25) is 0 Å². The highest BCUT2D eigenvalue weighted by molar-refractivity contribution is 7.80. The molecule has 0 amide bonds. The quantitative estimate of drug-likeness (QED) is 0.637. The molecule has 1 aliphatic rings. The highest BCUT2D eigenvalue weighted by Gasteiger charge is 2.32. The molecule has 0 unspecified atom stereocenters. The molecule has 0 aromatic heterocycles. The van der Waals surface area contributed by atoms with Gasteiger partial charge in [-0.05, 0) is 42.0 Å². The molecule has 1 heterocycles. The monoisotopic (exact) mass is 429 g/mol. The van der Waals surface area contributed by atoms with Gasteiger partial charge in [0.05, 0.1) is 22.7 Å². The van der Waals surface area contributed by atoms with E-state index in [-0.39, 0.29) is 18.1 Å². The minimum absolute atomic E-state index is 0.0259. The van der Waals surface area contributed by atoms with Crippen molar-refractivity contribution >= 4 is 28.9 Å². The van der Waals surface area contributed by atoms with Crippen molar-refractivity contribution in [3.05, 3.63) is 75.7 Å². The number of allylic oxidation sites excluding steroid dienone is 1. The standard InChI is InChI=1S/C22H21ClFN3OS/c1-22(2,3)20-15(11-25)19(26-21(29)27-20)13-7-9-14(10-8-13)28-12-16-17(23)5-4-6-18(16)24/h4-10,19H,12H2,1-3H3,(H2,26,27,29)/t19-/m1/s1. The first-order valence-corrected chi connectivity index (χ1v) is 9.87. The number of ether oxygens (including phenoxy) is 1. The summed E-state index contributed by atoms with van der Waals surface area (Å²) in [6.45, 7) is 6.12. The lowest BCUT2D eigenvalue weighted by Gasteiger charge is -2.34. The van der Waals surface area contributed by atoms with Crippen molar-refractivity contribution in [3.63, 3.8) is 0 Å². The van der Waals surface area contributed by atoms with Gasteiger partial charge in [-0.3, -0.25) is 0 Å². The summed E-state index contributed by atoms with van der Waals surface area (Å²) in [5.74, 6) is 0.170. The van der Waals surface area contributed by atoms with Gasteiger partial charge in [0.15, 0.2) is 5.11 Å². The second-order valence-electron chi connectivity index (χ2n) is 7.74. The Balaban J connectivity index is 1.82. The van der Waals surface area contributed by atoms with Crippen LogP contribution in [0, 0.1) is 22.6 Å². The predicted octanol–water partition coefficient (Wildman–Crippen LogP) is 5.40. The van der Waals surface area contributed by atoms with Crippen molar-refractivity contribution in [3.8, 4) is 11.8 Å². The Labute approximate surface area is 180 Å². The fraction of sp³-hybridized carbons (Fsp3) is 0.273. The van der Waals surface area contributed by atoms with Gasteiger partial charge in [0, 0.05) is 16.7 Å². The van der Waals surface area contributed by atoms with Crippen LogP contribution in [0.5, 0.6) is 5.75 Å². The molecule has 1 aliphatic heterocycles. The van der Waals surface area contributed by atoms with Gasteiger partial charge < -0.3 is 15.4 Å². The van der Waals surface area contributed by atoms with Crippen molar-refractivity contribution in [2.45, 2.75) is 33.4 Å². The molecule has 7 heteroatoms. The molecule has 0 aliphatic carbocycles. The van der Waals surface area contributed by atoms with E-state index in [1.807, 2.05) is 32.9 Å². The van der Waals surface area contributed by atoms with Crippen LogP contribution in [0.25, 0.3) is 0 Å². The van der Waals surface area contributed by atoms with Gasteiger partial charge in [-0.2, -0.15) is 5.26 Å². The van der Waals surface area contributed by atoms with E-state index in [4.69, 9.17) is 28.6 Å². The number of nitrogens with zero attached hydrogens (tertiary/aromatic N) is 1.